The molecule has 1 saturated carbocycles. The SMILES string of the molecule is CCNC(=O)O[C@H]1CC[C@@](CNC(=O)c2ccccc2OC)(C2CSc3ccccc32)CC1. The van der Waals surface area contributed by atoms with Crippen molar-refractivity contribution in [2.45, 2.75) is 49.5 Å². The number of carbonyl (C=O) groups is 2. The van der Waals surface area contributed by atoms with Gasteiger partial charge in [0.15, 0.2) is 0 Å². The van der Waals surface area contributed by atoms with Gasteiger partial charge >= 0.3 is 6.09 Å². The first kappa shape index (κ1) is 23.5. The van der Waals surface area contributed by atoms with E-state index >= 15 is 0 Å². The zero-order valence-electron chi connectivity index (χ0n) is 19.3. The summed E-state index contributed by atoms with van der Waals surface area (Å²) in [6.07, 6.45) is 2.95. The Kier molecular flexibility index (Phi) is 7.48. The summed E-state index contributed by atoms with van der Waals surface area (Å²) < 4.78 is 11.0. The minimum Gasteiger partial charge on any atom is -0.496 e. The van der Waals surface area contributed by atoms with Gasteiger partial charge in [0, 0.05) is 29.7 Å². The molecular weight excluding hydrogens is 436 g/mol. The number of hydrogen-bond acceptors (Lipinski definition) is 5. The molecule has 0 spiro atoms. The molecule has 0 bridgehead atoms. The highest BCUT2D eigenvalue weighted by atomic mass is 32.2. The van der Waals surface area contributed by atoms with Crippen LogP contribution in [0.25, 0.3) is 0 Å². The number of hydrogen-bond donors (Lipinski definition) is 2. The molecule has 2 aromatic carbocycles. The largest absolute Gasteiger partial charge is 0.496 e. The van der Waals surface area contributed by atoms with Crippen molar-refractivity contribution >= 4 is 23.8 Å². The standard InChI is InChI=1S/C26H32N2O4S/c1-3-27-25(30)32-18-12-14-26(15-13-18,21-16-33-23-11-7-5-8-19(21)23)17-28-24(29)20-9-4-6-10-22(20)31-2/h4-11,18,21H,3,12-17H2,1-2H3,(H,27,30)(H,28,29)/t18-,21?,26+. The van der Waals surface area contributed by atoms with E-state index in [2.05, 4.69) is 34.9 Å². The van der Waals surface area contributed by atoms with E-state index in [9.17, 15) is 9.59 Å². The summed E-state index contributed by atoms with van der Waals surface area (Å²) in [6.45, 7) is 3.02. The number of alkyl carbamates (subject to hydrolysis) is 1. The summed E-state index contributed by atoms with van der Waals surface area (Å²) in [7, 11) is 1.58. The second kappa shape index (κ2) is 10.5. The van der Waals surface area contributed by atoms with E-state index in [0.29, 0.717) is 30.3 Å². The second-order valence-electron chi connectivity index (χ2n) is 8.78. The molecule has 1 heterocycles. The van der Waals surface area contributed by atoms with E-state index < -0.39 is 0 Å². The van der Waals surface area contributed by atoms with Crippen LogP contribution < -0.4 is 15.4 Å². The highest BCUT2D eigenvalue weighted by Crippen LogP contribution is 2.54. The summed E-state index contributed by atoms with van der Waals surface area (Å²) in [6, 6.07) is 15.9. The van der Waals surface area contributed by atoms with Crippen molar-refractivity contribution in [1.29, 1.82) is 0 Å². The van der Waals surface area contributed by atoms with Crippen LogP contribution in [-0.2, 0) is 4.74 Å². The zero-order valence-corrected chi connectivity index (χ0v) is 20.1. The van der Waals surface area contributed by atoms with Gasteiger partial charge in [-0.15, -0.1) is 11.8 Å². The van der Waals surface area contributed by atoms with Crippen molar-refractivity contribution in [1.82, 2.24) is 10.6 Å². The minimum absolute atomic E-state index is 0.0844. The molecule has 1 aliphatic heterocycles. The smallest absolute Gasteiger partial charge is 0.407 e. The molecule has 2 amide bonds. The fourth-order valence-corrected chi connectivity index (χ4v) is 6.55. The van der Waals surface area contributed by atoms with Gasteiger partial charge in [0.05, 0.1) is 12.7 Å². The Labute approximate surface area is 199 Å². The molecule has 176 valence electrons. The lowest BCUT2D eigenvalue weighted by atomic mass is 9.63. The van der Waals surface area contributed by atoms with Crippen molar-refractivity contribution in [2.24, 2.45) is 5.41 Å². The van der Waals surface area contributed by atoms with Crippen molar-refractivity contribution < 1.29 is 19.1 Å². The van der Waals surface area contributed by atoms with Crippen LogP contribution in [0.2, 0.25) is 0 Å². The quantitative estimate of drug-likeness (QED) is 0.599. The zero-order chi connectivity index (χ0) is 23.3. The molecule has 2 aliphatic rings. The number of carbonyl (C=O) groups excluding carboxylic acids is 2. The van der Waals surface area contributed by atoms with Crippen LogP contribution >= 0.6 is 11.8 Å². The normalized spacial score (nSPS) is 23.9. The molecule has 0 aromatic heterocycles. The third kappa shape index (κ3) is 5.13. The van der Waals surface area contributed by atoms with Gasteiger partial charge in [0.2, 0.25) is 0 Å². The molecule has 7 heteroatoms. The Morgan fingerprint density at radius 1 is 1.06 bits per heavy atom. The van der Waals surface area contributed by atoms with Gasteiger partial charge in [-0.3, -0.25) is 4.79 Å². The van der Waals surface area contributed by atoms with Gasteiger partial charge in [0.1, 0.15) is 11.9 Å². The highest BCUT2D eigenvalue weighted by Gasteiger charge is 2.46. The van der Waals surface area contributed by atoms with Crippen LogP contribution in [0, 0.1) is 5.41 Å². The number of para-hydroxylation sites is 1. The Bertz CT molecular complexity index is 988. The maximum atomic E-state index is 13.1. The van der Waals surface area contributed by atoms with Gasteiger partial charge in [-0.25, -0.2) is 4.79 Å². The number of amides is 2. The van der Waals surface area contributed by atoms with E-state index in [1.807, 2.05) is 30.8 Å². The molecule has 1 aliphatic carbocycles. The topological polar surface area (TPSA) is 76.7 Å². The predicted molar refractivity (Wildman–Crippen MR) is 130 cm³/mol. The fraction of sp³-hybridized carbons (Fsp3) is 0.462. The Morgan fingerprint density at radius 2 is 1.79 bits per heavy atom. The number of methoxy groups -OCH3 is 1. The third-order valence-electron chi connectivity index (χ3n) is 6.91. The second-order valence-corrected chi connectivity index (χ2v) is 9.84. The summed E-state index contributed by atoms with van der Waals surface area (Å²) >= 11 is 1.89. The number of nitrogens with one attached hydrogen (secondary N) is 2. The number of benzene rings is 2. The molecule has 2 aromatic rings. The van der Waals surface area contributed by atoms with Crippen molar-refractivity contribution in [3.8, 4) is 5.75 Å². The van der Waals surface area contributed by atoms with Crippen LogP contribution in [0.3, 0.4) is 0 Å². The number of fused-ring (bicyclic) bond motifs is 1. The lowest BCUT2D eigenvalue weighted by Crippen LogP contribution is -2.46. The third-order valence-corrected chi connectivity index (χ3v) is 8.10. The summed E-state index contributed by atoms with van der Waals surface area (Å²) in [5, 5.41) is 5.94. The highest BCUT2D eigenvalue weighted by molar-refractivity contribution is 7.99. The van der Waals surface area contributed by atoms with Gasteiger partial charge in [-0.05, 0) is 61.8 Å². The van der Waals surface area contributed by atoms with E-state index in [1.54, 1.807) is 19.2 Å². The van der Waals surface area contributed by atoms with Crippen LogP contribution in [0.4, 0.5) is 4.79 Å². The Balaban J connectivity index is 1.52. The first-order valence-corrected chi connectivity index (χ1v) is 12.6. The maximum absolute atomic E-state index is 13.1. The predicted octanol–water partition coefficient (Wildman–Crippen LogP) is 4.99. The molecule has 2 N–H and O–H groups in total. The van der Waals surface area contributed by atoms with Crippen LogP contribution in [-0.4, -0.2) is 44.1 Å². The fourth-order valence-electron chi connectivity index (χ4n) is 5.12. The maximum Gasteiger partial charge on any atom is 0.407 e. The van der Waals surface area contributed by atoms with Crippen molar-refractivity contribution in [2.75, 3.05) is 26.0 Å². The van der Waals surface area contributed by atoms with Gasteiger partial charge in [0.25, 0.3) is 5.91 Å². The lowest BCUT2D eigenvalue weighted by Gasteiger charge is -2.44. The van der Waals surface area contributed by atoms with Gasteiger partial charge in [-0.2, -0.15) is 0 Å². The average molecular weight is 469 g/mol. The van der Waals surface area contributed by atoms with E-state index in [-0.39, 0.29) is 23.5 Å². The van der Waals surface area contributed by atoms with Crippen LogP contribution in [0.5, 0.6) is 5.75 Å². The van der Waals surface area contributed by atoms with Gasteiger partial charge in [-0.1, -0.05) is 30.3 Å². The molecule has 0 radical (unpaired) electrons. The number of ether oxygens (including phenoxy) is 2. The molecule has 1 unspecified atom stereocenters. The Morgan fingerprint density at radius 3 is 2.55 bits per heavy atom. The lowest BCUT2D eigenvalue weighted by molar-refractivity contribution is 0.0294. The minimum atomic E-state index is -0.346. The van der Waals surface area contributed by atoms with E-state index in [4.69, 9.17) is 9.47 Å². The monoisotopic (exact) mass is 468 g/mol. The summed E-state index contributed by atoms with van der Waals surface area (Å²) in [5.41, 5.74) is 1.83. The number of thioether (sulfide) groups is 1. The van der Waals surface area contributed by atoms with Crippen molar-refractivity contribution in [3.05, 3.63) is 59.7 Å². The average Bonchev–Trinajstić information content (AvgIpc) is 3.28. The summed E-state index contributed by atoms with van der Waals surface area (Å²) in [4.78, 5) is 26.3. The Hall–Kier alpha value is -2.67. The molecule has 1 fully saturated rings. The van der Waals surface area contributed by atoms with Crippen LogP contribution in [0.1, 0.15) is 54.4 Å². The first-order valence-electron chi connectivity index (χ1n) is 11.6. The van der Waals surface area contributed by atoms with Gasteiger partial charge < -0.3 is 20.1 Å². The van der Waals surface area contributed by atoms with Crippen LogP contribution in [0.15, 0.2) is 53.4 Å². The molecule has 1 atom stereocenters. The van der Waals surface area contributed by atoms with E-state index in [0.717, 1.165) is 31.4 Å². The first-order chi connectivity index (χ1) is 16.1. The molecule has 6 nitrogen and oxygen atoms in total. The molecular formula is C26H32N2O4S. The van der Waals surface area contributed by atoms with Crippen molar-refractivity contribution in [3.63, 3.8) is 0 Å². The molecule has 4 rings (SSSR count). The number of rotatable bonds is 7. The van der Waals surface area contributed by atoms with E-state index in [1.165, 1.54) is 10.5 Å². The molecule has 0 saturated heterocycles. The molecule has 33 heavy (non-hydrogen) atoms. The summed E-state index contributed by atoms with van der Waals surface area (Å²) in [5.74, 6) is 1.81.